The van der Waals surface area contributed by atoms with Crippen LogP contribution in [-0.2, 0) is 4.79 Å². The van der Waals surface area contributed by atoms with E-state index < -0.39 is 0 Å². The number of amides is 1. The van der Waals surface area contributed by atoms with E-state index in [1.54, 1.807) is 6.08 Å². The summed E-state index contributed by atoms with van der Waals surface area (Å²) in [5.74, 6) is 0.135. The zero-order chi connectivity index (χ0) is 18.5. The van der Waals surface area contributed by atoms with E-state index in [0.717, 1.165) is 29.8 Å². The zero-order valence-electron chi connectivity index (χ0n) is 14.5. The number of nitrogens with zero attached hydrogens (tertiary/aromatic N) is 2. The van der Waals surface area contributed by atoms with E-state index in [4.69, 9.17) is 11.6 Å². The van der Waals surface area contributed by atoms with E-state index in [-0.39, 0.29) is 17.5 Å². The Hall–Kier alpha value is -2.16. The smallest absolute Gasteiger partial charge is 0.262 e. The predicted molar refractivity (Wildman–Crippen MR) is 106 cm³/mol. The quantitative estimate of drug-likeness (QED) is 0.590. The average Bonchev–Trinajstić information content (AvgIpc) is 3.10. The van der Waals surface area contributed by atoms with Crippen molar-refractivity contribution in [3.05, 3.63) is 45.9 Å². The summed E-state index contributed by atoms with van der Waals surface area (Å²) in [6.45, 7) is 2.15. The minimum atomic E-state index is -0.313. The molecule has 1 amide bonds. The van der Waals surface area contributed by atoms with Gasteiger partial charge in [0.05, 0.1) is 5.69 Å². The monoisotopic (exact) mass is 385 g/mol. The number of halogens is 1. The van der Waals surface area contributed by atoms with Crippen molar-refractivity contribution in [2.24, 2.45) is 5.92 Å². The molecule has 134 valence electrons. The Balaban J connectivity index is 1.73. The molecule has 6 heteroatoms. The fourth-order valence-electron chi connectivity index (χ4n) is 3.15. The van der Waals surface area contributed by atoms with Gasteiger partial charge in [0.2, 0.25) is 0 Å². The molecule has 1 N–H and O–H groups in total. The normalized spacial score (nSPS) is 20.4. The van der Waals surface area contributed by atoms with E-state index in [0.29, 0.717) is 16.6 Å². The fraction of sp³-hybridized carbons (Fsp3) is 0.350. The van der Waals surface area contributed by atoms with Gasteiger partial charge in [-0.15, -0.1) is 11.3 Å². The summed E-state index contributed by atoms with van der Waals surface area (Å²) >= 11 is 7.38. The molecule has 2 aromatic rings. The van der Waals surface area contributed by atoms with Gasteiger partial charge in [0.15, 0.2) is 0 Å². The largest absolute Gasteiger partial charge is 0.348 e. The first-order valence-electron chi connectivity index (χ1n) is 8.71. The molecule has 1 aliphatic carbocycles. The molecule has 1 aromatic heterocycles. The molecule has 0 saturated heterocycles. The van der Waals surface area contributed by atoms with Gasteiger partial charge < -0.3 is 5.32 Å². The van der Waals surface area contributed by atoms with Crippen molar-refractivity contribution in [3.8, 4) is 16.6 Å². The van der Waals surface area contributed by atoms with Crippen LogP contribution in [0.3, 0.4) is 0 Å². The molecule has 1 saturated carbocycles. The second-order valence-electron chi connectivity index (χ2n) is 6.60. The molecule has 0 unspecified atom stereocenters. The lowest BCUT2D eigenvalue weighted by Crippen LogP contribution is -2.41. The van der Waals surface area contributed by atoms with Gasteiger partial charge in [0.25, 0.3) is 5.91 Å². The van der Waals surface area contributed by atoms with Gasteiger partial charge in [-0.25, -0.2) is 4.98 Å². The van der Waals surface area contributed by atoms with E-state index in [2.05, 4.69) is 17.2 Å². The summed E-state index contributed by atoms with van der Waals surface area (Å²) in [5.41, 5.74) is 1.66. The highest BCUT2D eigenvalue weighted by Gasteiger charge is 2.24. The third-order valence-electron chi connectivity index (χ3n) is 4.70. The van der Waals surface area contributed by atoms with Crippen LogP contribution in [-0.4, -0.2) is 16.9 Å². The van der Waals surface area contributed by atoms with Gasteiger partial charge in [-0.2, -0.15) is 5.26 Å². The molecule has 0 bridgehead atoms. The minimum absolute atomic E-state index is 0.0933. The van der Waals surface area contributed by atoms with Crippen LogP contribution in [0.25, 0.3) is 16.6 Å². The van der Waals surface area contributed by atoms with Crippen molar-refractivity contribution in [1.82, 2.24) is 10.3 Å². The van der Waals surface area contributed by atoms with Crippen LogP contribution in [0.15, 0.2) is 35.2 Å². The standard InChI is InChI=1S/C20H20ClN3OS/c1-13-4-2-3-5-18(13)24-19(25)15(11-22)10-17-12-26-20(23-17)14-6-8-16(21)9-7-14/h6-10,12-13,18H,2-5H2,1H3,(H,24,25)/b15-10+/t13-,18-/m1/s1. The highest BCUT2D eigenvalue weighted by Crippen LogP contribution is 2.26. The Bertz CT molecular complexity index is 851. The fourth-order valence-corrected chi connectivity index (χ4v) is 4.06. The van der Waals surface area contributed by atoms with E-state index in [9.17, 15) is 10.1 Å². The van der Waals surface area contributed by atoms with Gasteiger partial charge >= 0.3 is 0 Å². The van der Waals surface area contributed by atoms with Crippen molar-refractivity contribution in [3.63, 3.8) is 0 Å². The Kier molecular flexibility index (Phi) is 6.08. The second kappa shape index (κ2) is 8.48. The lowest BCUT2D eigenvalue weighted by Gasteiger charge is -2.29. The number of carbonyl (C=O) groups is 1. The first kappa shape index (κ1) is 18.6. The number of nitrogens with one attached hydrogen (secondary N) is 1. The summed E-state index contributed by atoms with van der Waals surface area (Å²) in [5, 5.41) is 15.7. The Morgan fingerprint density at radius 1 is 1.35 bits per heavy atom. The van der Waals surface area contributed by atoms with E-state index in [1.807, 2.05) is 35.7 Å². The second-order valence-corrected chi connectivity index (χ2v) is 7.89. The van der Waals surface area contributed by atoms with Gasteiger partial charge in [0, 0.05) is 22.0 Å². The van der Waals surface area contributed by atoms with Gasteiger partial charge in [-0.1, -0.05) is 43.5 Å². The minimum Gasteiger partial charge on any atom is -0.348 e. The number of hydrogen-bond acceptors (Lipinski definition) is 4. The summed E-state index contributed by atoms with van der Waals surface area (Å²) in [6, 6.07) is 9.58. The van der Waals surface area contributed by atoms with Crippen LogP contribution in [0.1, 0.15) is 38.3 Å². The summed E-state index contributed by atoms with van der Waals surface area (Å²) in [6.07, 6.45) is 5.98. The number of benzene rings is 1. The zero-order valence-corrected chi connectivity index (χ0v) is 16.1. The lowest BCUT2D eigenvalue weighted by molar-refractivity contribution is -0.118. The van der Waals surface area contributed by atoms with Gasteiger partial charge in [-0.05, 0) is 37.0 Å². The van der Waals surface area contributed by atoms with Crippen molar-refractivity contribution < 1.29 is 4.79 Å². The molecular weight excluding hydrogens is 366 g/mol. The SMILES string of the molecule is C[C@@H]1CCCC[C@H]1NC(=O)/C(C#N)=C/c1csc(-c2ccc(Cl)cc2)n1. The highest BCUT2D eigenvalue weighted by atomic mass is 35.5. The average molecular weight is 386 g/mol. The summed E-state index contributed by atoms with van der Waals surface area (Å²) in [4.78, 5) is 17.0. The molecule has 2 atom stereocenters. The van der Waals surface area contributed by atoms with Crippen LogP contribution >= 0.6 is 22.9 Å². The molecule has 0 aliphatic heterocycles. The third kappa shape index (κ3) is 4.51. The van der Waals surface area contributed by atoms with E-state index >= 15 is 0 Å². The molecule has 4 nitrogen and oxygen atoms in total. The van der Waals surface area contributed by atoms with Crippen LogP contribution in [0.2, 0.25) is 5.02 Å². The molecule has 0 radical (unpaired) electrons. The Morgan fingerprint density at radius 3 is 2.77 bits per heavy atom. The van der Waals surface area contributed by atoms with Crippen molar-refractivity contribution in [2.45, 2.75) is 38.6 Å². The molecule has 1 aromatic carbocycles. The van der Waals surface area contributed by atoms with Crippen molar-refractivity contribution in [1.29, 1.82) is 5.26 Å². The molecule has 0 spiro atoms. The van der Waals surface area contributed by atoms with Gasteiger partial charge in [-0.3, -0.25) is 4.79 Å². The Labute approximate surface area is 162 Å². The maximum Gasteiger partial charge on any atom is 0.262 e. The Morgan fingerprint density at radius 2 is 2.08 bits per heavy atom. The molecule has 1 heterocycles. The third-order valence-corrected chi connectivity index (χ3v) is 5.86. The summed E-state index contributed by atoms with van der Waals surface area (Å²) < 4.78 is 0. The number of nitriles is 1. The van der Waals surface area contributed by atoms with Crippen LogP contribution in [0, 0.1) is 17.2 Å². The van der Waals surface area contributed by atoms with Crippen LogP contribution in [0.4, 0.5) is 0 Å². The molecule has 26 heavy (non-hydrogen) atoms. The molecule has 1 aliphatic rings. The van der Waals surface area contributed by atoms with Crippen LogP contribution in [0.5, 0.6) is 0 Å². The van der Waals surface area contributed by atoms with Crippen LogP contribution < -0.4 is 5.32 Å². The predicted octanol–water partition coefficient (Wildman–Crippen LogP) is 5.07. The van der Waals surface area contributed by atoms with E-state index in [1.165, 1.54) is 17.8 Å². The van der Waals surface area contributed by atoms with Crippen molar-refractivity contribution >= 4 is 34.9 Å². The number of hydrogen-bond donors (Lipinski definition) is 1. The first-order valence-corrected chi connectivity index (χ1v) is 9.96. The number of carbonyl (C=O) groups excluding carboxylic acids is 1. The number of aromatic nitrogens is 1. The number of thiazole rings is 1. The van der Waals surface area contributed by atoms with Crippen molar-refractivity contribution in [2.75, 3.05) is 0 Å². The molecule has 3 rings (SSSR count). The maximum atomic E-state index is 12.5. The van der Waals surface area contributed by atoms with Gasteiger partial charge in [0.1, 0.15) is 16.6 Å². The molecular formula is C20H20ClN3OS. The highest BCUT2D eigenvalue weighted by molar-refractivity contribution is 7.13. The topological polar surface area (TPSA) is 65.8 Å². The first-order chi connectivity index (χ1) is 12.6. The summed E-state index contributed by atoms with van der Waals surface area (Å²) in [7, 11) is 0. The number of rotatable bonds is 4. The maximum absolute atomic E-state index is 12.5. The lowest BCUT2D eigenvalue weighted by atomic mass is 9.86. The molecule has 1 fully saturated rings.